The van der Waals surface area contributed by atoms with Gasteiger partial charge in [-0.3, -0.25) is 4.79 Å². The number of anilines is 1. The van der Waals surface area contributed by atoms with Gasteiger partial charge in [-0.25, -0.2) is 4.68 Å². The summed E-state index contributed by atoms with van der Waals surface area (Å²) in [5.41, 5.74) is 1.73. The summed E-state index contributed by atoms with van der Waals surface area (Å²) in [5.74, 6) is 0.0371. The van der Waals surface area contributed by atoms with Gasteiger partial charge >= 0.3 is 0 Å². The Balaban J connectivity index is 1.74. The third kappa shape index (κ3) is 2.66. The molecule has 1 aliphatic rings. The van der Waals surface area contributed by atoms with Crippen molar-refractivity contribution in [3.63, 3.8) is 0 Å². The molecule has 2 heterocycles. The molecule has 0 unspecified atom stereocenters. The number of nitrogens with one attached hydrogen (secondary N) is 2. The van der Waals surface area contributed by atoms with Gasteiger partial charge in [0.2, 0.25) is 5.91 Å². The van der Waals surface area contributed by atoms with E-state index in [1.165, 1.54) is 0 Å². The summed E-state index contributed by atoms with van der Waals surface area (Å²) in [7, 11) is 0. The molecule has 5 nitrogen and oxygen atoms in total. The highest BCUT2D eigenvalue weighted by molar-refractivity contribution is 5.95. The fraction of sp³-hybridized carbons (Fsp3) is 0.286. The number of aromatic nitrogens is 2. The number of carbonyl (C=O) groups excluding carboxylic acids is 1. The maximum atomic E-state index is 12.0. The zero-order chi connectivity index (χ0) is 13.1. The molecule has 1 aliphatic heterocycles. The first-order chi connectivity index (χ1) is 9.33. The van der Waals surface area contributed by atoms with Crippen molar-refractivity contribution >= 4 is 11.6 Å². The molecular formula is C14H16N4O. The summed E-state index contributed by atoms with van der Waals surface area (Å²) in [6.45, 7) is 0.922. The number of rotatable bonds is 3. The number of carbonyl (C=O) groups is 1. The minimum atomic E-state index is -0.0617. The fourth-order valence-electron chi connectivity index (χ4n) is 2.29. The van der Waals surface area contributed by atoms with Crippen molar-refractivity contribution in [1.29, 1.82) is 0 Å². The molecule has 98 valence electrons. The first-order valence-electron chi connectivity index (χ1n) is 6.47. The van der Waals surface area contributed by atoms with Gasteiger partial charge in [-0.1, -0.05) is 6.07 Å². The van der Waals surface area contributed by atoms with E-state index in [1.807, 2.05) is 36.5 Å². The van der Waals surface area contributed by atoms with Crippen LogP contribution in [-0.2, 0) is 4.79 Å². The summed E-state index contributed by atoms with van der Waals surface area (Å²) in [5, 5.41) is 10.3. The highest BCUT2D eigenvalue weighted by Gasteiger charge is 2.21. The van der Waals surface area contributed by atoms with Crippen LogP contribution >= 0.6 is 0 Å². The van der Waals surface area contributed by atoms with Crippen LogP contribution in [-0.4, -0.2) is 28.3 Å². The second-order valence-electron chi connectivity index (χ2n) is 4.64. The lowest BCUT2D eigenvalue weighted by atomic mass is 10.2. The maximum Gasteiger partial charge on any atom is 0.241 e. The van der Waals surface area contributed by atoms with E-state index in [0.29, 0.717) is 0 Å². The predicted octanol–water partition coefficient (Wildman–Crippen LogP) is 1.56. The van der Waals surface area contributed by atoms with E-state index in [1.54, 1.807) is 10.9 Å². The Morgan fingerprint density at radius 1 is 1.42 bits per heavy atom. The van der Waals surface area contributed by atoms with Crippen molar-refractivity contribution in [2.24, 2.45) is 0 Å². The molecule has 3 rings (SSSR count). The van der Waals surface area contributed by atoms with E-state index in [4.69, 9.17) is 0 Å². The lowest BCUT2D eigenvalue weighted by Gasteiger charge is -2.12. The molecule has 0 aliphatic carbocycles. The predicted molar refractivity (Wildman–Crippen MR) is 73.2 cm³/mol. The Kier molecular flexibility index (Phi) is 3.29. The molecule has 0 radical (unpaired) electrons. The van der Waals surface area contributed by atoms with Gasteiger partial charge in [-0.15, -0.1) is 0 Å². The summed E-state index contributed by atoms with van der Waals surface area (Å²) in [4.78, 5) is 12.0. The number of benzene rings is 1. The van der Waals surface area contributed by atoms with Gasteiger partial charge < -0.3 is 10.6 Å². The molecule has 1 fully saturated rings. The number of nitrogens with zero attached hydrogens (tertiary/aromatic N) is 2. The molecule has 1 amide bonds. The Morgan fingerprint density at radius 2 is 2.37 bits per heavy atom. The second kappa shape index (κ2) is 5.24. The third-order valence-corrected chi connectivity index (χ3v) is 3.26. The average molecular weight is 256 g/mol. The molecule has 1 saturated heterocycles. The monoisotopic (exact) mass is 256 g/mol. The lowest BCUT2D eigenvalue weighted by molar-refractivity contribution is -0.117. The molecule has 1 aromatic carbocycles. The SMILES string of the molecule is O=C(Nc1cccc(-n2cccn2)c1)[C@H]1CCCN1. The molecule has 2 aromatic rings. The quantitative estimate of drug-likeness (QED) is 0.876. The Hall–Kier alpha value is -2.14. The molecule has 0 spiro atoms. The van der Waals surface area contributed by atoms with Crippen molar-refractivity contribution in [2.75, 3.05) is 11.9 Å². The molecule has 5 heteroatoms. The standard InChI is InChI=1S/C14H16N4O/c19-14(13-6-2-7-15-13)17-11-4-1-5-12(10-11)18-9-3-8-16-18/h1,3-5,8-10,13,15H,2,6-7H2,(H,17,19)/t13-/m1/s1. The Labute approximate surface area is 111 Å². The van der Waals surface area contributed by atoms with Crippen LogP contribution in [0.25, 0.3) is 5.69 Å². The summed E-state index contributed by atoms with van der Waals surface area (Å²) in [6.07, 6.45) is 5.57. The van der Waals surface area contributed by atoms with Crippen molar-refractivity contribution in [1.82, 2.24) is 15.1 Å². The van der Waals surface area contributed by atoms with E-state index in [9.17, 15) is 4.79 Å². The van der Waals surface area contributed by atoms with Gasteiger partial charge in [0.05, 0.1) is 11.7 Å². The van der Waals surface area contributed by atoms with Crippen LogP contribution in [0.1, 0.15) is 12.8 Å². The smallest absolute Gasteiger partial charge is 0.241 e. The van der Waals surface area contributed by atoms with Gasteiger partial charge in [0.1, 0.15) is 0 Å². The third-order valence-electron chi connectivity index (χ3n) is 3.26. The highest BCUT2D eigenvalue weighted by atomic mass is 16.2. The maximum absolute atomic E-state index is 12.0. The fourth-order valence-corrected chi connectivity index (χ4v) is 2.29. The molecular weight excluding hydrogens is 240 g/mol. The minimum absolute atomic E-state index is 0.0371. The number of hydrogen-bond acceptors (Lipinski definition) is 3. The van der Waals surface area contributed by atoms with Crippen LogP contribution in [0.2, 0.25) is 0 Å². The summed E-state index contributed by atoms with van der Waals surface area (Å²) < 4.78 is 1.77. The zero-order valence-corrected chi connectivity index (χ0v) is 10.5. The van der Waals surface area contributed by atoms with Gasteiger partial charge in [-0.05, 0) is 43.7 Å². The van der Waals surface area contributed by atoms with Gasteiger partial charge in [0.15, 0.2) is 0 Å². The van der Waals surface area contributed by atoms with E-state index >= 15 is 0 Å². The largest absolute Gasteiger partial charge is 0.325 e. The second-order valence-corrected chi connectivity index (χ2v) is 4.64. The average Bonchev–Trinajstić information content (AvgIpc) is 3.13. The minimum Gasteiger partial charge on any atom is -0.325 e. The molecule has 1 atom stereocenters. The van der Waals surface area contributed by atoms with E-state index in [-0.39, 0.29) is 11.9 Å². The number of amides is 1. The summed E-state index contributed by atoms with van der Waals surface area (Å²) in [6, 6.07) is 9.48. The van der Waals surface area contributed by atoms with Crippen molar-refractivity contribution < 1.29 is 4.79 Å². The lowest BCUT2D eigenvalue weighted by Crippen LogP contribution is -2.35. The van der Waals surface area contributed by atoms with Crippen LogP contribution in [0, 0.1) is 0 Å². The van der Waals surface area contributed by atoms with Crippen LogP contribution in [0.15, 0.2) is 42.7 Å². The van der Waals surface area contributed by atoms with Crippen molar-refractivity contribution in [3.05, 3.63) is 42.7 Å². The van der Waals surface area contributed by atoms with Gasteiger partial charge in [-0.2, -0.15) is 5.10 Å². The Morgan fingerprint density at radius 3 is 3.11 bits per heavy atom. The van der Waals surface area contributed by atoms with Crippen LogP contribution in [0.3, 0.4) is 0 Å². The Bertz CT molecular complexity index is 559. The topological polar surface area (TPSA) is 59.0 Å². The highest BCUT2D eigenvalue weighted by Crippen LogP contribution is 2.15. The van der Waals surface area contributed by atoms with Crippen LogP contribution in [0.5, 0.6) is 0 Å². The molecule has 2 N–H and O–H groups in total. The summed E-state index contributed by atoms with van der Waals surface area (Å²) >= 11 is 0. The molecule has 0 saturated carbocycles. The van der Waals surface area contributed by atoms with Crippen LogP contribution in [0.4, 0.5) is 5.69 Å². The van der Waals surface area contributed by atoms with Crippen molar-refractivity contribution in [2.45, 2.75) is 18.9 Å². The first-order valence-corrected chi connectivity index (χ1v) is 6.47. The van der Waals surface area contributed by atoms with Gasteiger partial charge in [0, 0.05) is 18.1 Å². The van der Waals surface area contributed by atoms with E-state index in [2.05, 4.69) is 15.7 Å². The molecule has 0 bridgehead atoms. The number of hydrogen-bond donors (Lipinski definition) is 2. The van der Waals surface area contributed by atoms with Gasteiger partial charge in [0.25, 0.3) is 0 Å². The normalized spacial score (nSPS) is 18.4. The van der Waals surface area contributed by atoms with E-state index in [0.717, 1.165) is 30.8 Å². The molecule has 19 heavy (non-hydrogen) atoms. The van der Waals surface area contributed by atoms with Crippen molar-refractivity contribution in [3.8, 4) is 5.69 Å². The zero-order valence-electron chi connectivity index (χ0n) is 10.5. The molecule has 1 aromatic heterocycles. The first kappa shape index (κ1) is 11.9. The van der Waals surface area contributed by atoms with Crippen LogP contribution < -0.4 is 10.6 Å². The van der Waals surface area contributed by atoms with E-state index < -0.39 is 0 Å².